The van der Waals surface area contributed by atoms with E-state index in [4.69, 9.17) is 9.84 Å². The van der Waals surface area contributed by atoms with E-state index in [1.165, 1.54) is 0 Å². The molecule has 0 aliphatic carbocycles. The van der Waals surface area contributed by atoms with E-state index >= 15 is 0 Å². The summed E-state index contributed by atoms with van der Waals surface area (Å²) in [6.07, 6.45) is -0.954. The highest BCUT2D eigenvalue weighted by atomic mass is 19.1. The van der Waals surface area contributed by atoms with Gasteiger partial charge in [0.1, 0.15) is 12.3 Å². The van der Waals surface area contributed by atoms with Crippen LogP contribution in [0.1, 0.15) is 27.7 Å². The summed E-state index contributed by atoms with van der Waals surface area (Å²) in [6, 6.07) is 0. The van der Waals surface area contributed by atoms with E-state index in [9.17, 15) is 14.0 Å². The Bertz CT molecular complexity index is 261. The standard InChI is InChI=1S/C9H16FNO4/c1-8(2,3)15-7(14)11-9(4,5-10)6(12)13/h5H2,1-4H3,(H,11,14)(H,12,13)/t9-/m1/s1. The Hall–Kier alpha value is -1.33. The predicted octanol–water partition coefficient (Wildman–Crippen LogP) is 1.32. The van der Waals surface area contributed by atoms with Crippen LogP contribution in [0, 0.1) is 0 Å². The van der Waals surface area contributed by atoms with Gasteiger partial charge in [0, 0.05) is 0 Å². The van der Waals surface area contributed by atoms with Gasteiger partial charge >= 0.3 is 12.1 Å². The van der Waals surface area contributed by atoms with Crippen molar-refractivity contribution >= 4 is 12.1 Å². The fourth-order valence-corrected chi connectivity index (χ4v) is 0.673. The minimum absolute atomic E-state index is 0.750. The Morgan fingerprint density at radius 1 is 1.33 bits per heavy atom. The molecule has 0 heterocycles. The SMILES string of the molecule is CC(C)(C)OC(=O)N[C@](C)(CF)C(=O)O. The van der Waals surface area contributed by atoms with Gasteiger partial charge in [-0.3, -0.25) is 0 Å². The molecular formula is C9H16FNO4. The highest BCUT2D eigenvalue weighted by Crippen LogP contribution is 2.10. The molecule has 88 valence electrons. The van der Waals surface area contributed by atoms with Crippen LogP contribution >= 0.6 is 0 Å². The van der Waals surface area contributed by atoms with Crippen molar-refractivity contribution in [3.63, 3.8) is 0 Å². The van der Waals surface area contributed by atoms with Crippen molar-refractivity contribution in [1.82, 2.24) is 5.32 Å². The number of alkyl carbamates (subject to hydrolysis) is 1. The second-order valence-electron chi connectivity index (χ2n) is 4.40. The molecular weight excluding hydrogens is 205 g/mol. The van der Waals surface area contributed by atoms with Gasteiger partial charge in [-0.15, -0.1) is 0 Å². The molecule has 0 aromatic rings. The molecule has 0 fully saturated rings. The lowest BCUT2D eigenvalue weighted by atomic mass is 10.1. The Balaban J connectivity index is 4.45. The molecule has 0 saturated heterocycles. The maximum atomic E-state index is 12.4. The van der Waals surface area contributed by atoms with Crippen molar-refractivity contribution in [1.29, 1.82) is 0 Å². The van der Waals surface area contributed by atoms with E-state index < -0.39 is 29.9 Å². The van der Waals surface area contributed by atoms with E-state index in [1.807, 2.05) is 5.32 Å². The Labute approximate surface area is 87.6 Å². The van der Waals surface area contributed by atoms with Crippen molar-refractivity contribution in [2.45, 2.75) is 38.8 Å². The largest absolute Gasteiger partial charge is 0.479 e. The second kappa shape index (κ2) is 4.46. The average molecular weight is 221 g/mol. The Kier molecular flexibility index (Phi) is 4.06. The number of halogens is 1. The first-order chi connectivity index (χ1) is 6.60. The summed E-state index contributed by atoms with van der Waals surface area (Å²) >= 11 is 0. The molecule has 0 rings (SSSR count). The number of nitrogens with one attached hydrogen (secondary N) is 1. The fraction of sp³-hybridized carbons (Fsp3) is 0.778. The van der Waals surface area contributed by atoms with Gasteiger partial charge in [0.2, 0.25) is 0 Å². The number of carboxylic acid groups (broad SMARTS) is 1. The van der Waals surface area contributed by atoms with Crippen LogP contribution in [-0.4, -0.2) is 35.0 Å². The topological polar surface area (TPSA) is 75.6 Å². The van der Waals surface area contributed by atoms with Crippen LogP contribution in [0.3, 0.4) is 0 Å². The minimum Gasteiger partial charge on any atom is -0.479 e. The molecule has 1 amide bonds. The van der Waals surface area contributed by atoms with Gasteiger partial charge in [-0.2, -0.15) is 0 Å². The molecule has 0 aliphatic heterocycles. The third-order valence-electron chi connectivity index (χ3n) is 1.52. The van der Waals surface area contributed by atoms with Gasteiger partial charge in [0.15, 0.2) is 5.54 Å². The number of hydrogen-bond acceptors (Lipinski definition) is 3. The van der Waals surface area contributed by atoms with E-state index in [2.05, 4.69) is 0 Å². The third kappa shape index (κ3) is 4.62. The van der Waals surface area contributed by atoms with Crippen molar-refractivity contribution in [2.24, 2.45) is 0 Å². The molecule has 5 nitrogen and oxygen atoms in total. The summed E-state index contributed by atoms with van der Waals surface area (Å²) in [5, 5.41) is 10.6. The highest BCUT2D eigenvalue weighted by Gasteiger charge is 2.36. The fourth-order valence-electron chi connectivity index (χ4n) is 0.673. The van der Waals surface area contributed by atoms with E-state index in [0.717, 1.165) is 6.92 Å². The number of alkyl halides is 1. The van der Waals surface area contributed by atoms with Crippen LogP contribution < -0.4 is 5.32 Å². The predicted molar refractivity (Wildman–Crippen MR) is 51.4 cm³/mol. The van der Waals surface area contributed by atoms with Crippen molar-refractivity contribution in [3.05, 3.63) is 0 Å². The molecule has 2 N–H and O–H groups in total. The molecule has 6 heteroatoms. The summed E-state index contributed by atoms with van der Waals surface area (Å²) in [5.74, 6) is -1.45. The minimum atomic E-state index is -1.94. The zero-order valence-corrected chi connectivity index (χ0v) is 9.26. The summed E-state index contributed by atoms with van der Waals surface area (Å²) < 4.78 is 17.2. The van der Waals surface area contributed by atoms with Crippen molar-refractivity contribution < 1.29 is 23.8 Å². The van der Waals surface area contributed by atoms with Crippen molar-refractivity contribution in [2.75, 3.05) is 6.67 Å². The van der Waals surface area contributed by atoms with Crippen LogP contribution in [0.5, 0.6) is 0 Å². The molecule has 0 saturated carbocycles. The van der Waals surface area contributed by atoms with Crippen LogP contribution in [0.2, 0.25) is 0 Å². The number of aliphatic carboxylic acids is 1. The number of carbonyl (C=O) groups excluding carboxylic acids is 1. The smallest absolute Gasteiger partial charge is 0.408 e. The van der Waals surface area contributed by atoms with Crippen LogP contribution in [0.15, 0.2) is 0 Å². The maximum Gasteiger partial charge on any atom is 0.408 e. The maximum absolute atomic E-state index is 12.4. The molecule has 15 heavy (non-hydrogen) atoms. The van der Waals surface area contributed by atoms with Gasteiger partial charge in [-0.05, 0) is 27.7 Å². The number of carboxylic acids is 1. The highest BCUT2D eigenvalue weighted by molar-refractivity contribution is 5.84. The van der Waals surface area contributed by atoms with Crippen LogP contribution in [0.4, 0.5) is 9.18 Å². The molecule has 0 bridgehead atoms. The zero-order valence-electron chi connectivity index (χ0n) is 9.26. The first-order valence-electron chi connectivity index (χ1n) is 4.41. The second-order valence-corrected chi connectivity index (χ2v) is 4.40. The molecule has 1 atom stereocenters. The Morgan fingerprint density at radius 2 is 1.80 bits per heavy atom. The van der Waals surface area contributed by atoms with E-state index in [-0.39, 0.29) is 0 Å². The number of ether oxygens (including phenoxy) is 1. The number of amides is 1. The van der Waals surface area contributed by atoms with Gasteiger partial charge < -0.3 is 15.2 Å². The van der Waals surface area contributed by atoms with Crippen LogP contribution in [-0.2, 0) is 9.53 Å². The zero-order chi connectivity index (χ0) is 12.3. The molecule has 0 aromatic heterocycles. The summed E-state index contributed by atoms with van der Waals surface area (Å²) in [4.78, 5) is 21.8. The molecule has 0 aliphatic rings. The van der Waals surface area contributed by atoms with Gasteiger partial charge in [0.05, 0.1) is 0 Å². The van der Waals surface area contributed by atoms with Crippen molar-refractivity contribution in [3.8, 4) is 0 Å². The number of hydrogen-bond donors (Lipinski definition) is 2. The van der Waals surface area contributed by atoms with Gasteiger partial charge in [0.25, 0.3) is 0 Å². The number of rotatable bonds is 3. The Morgan fingerprint density at radius 3 is 2.07 bits per heavy atom. The van der Waals surface area contributed by atoms with E-state index in [1.54, 1.807) is 20.8 Å². The average Bonchev–Trinajstić information content (AvgIpc) is 1.99. The van der Waals surface area contributed by atoms with Crippen LogP contribution in [0.25, 0.3) is 0 Å². The normalized spacial score (nSPS) is 15.3. The lowest BCUT2D eigenvalue weighted by molar-refractivity contribution is -0.144. The molecule has 0 spiro atoms. The monoisotopic (exact) mass is 221 g/mol. The molecule has 0 unspecified atom stereocenters. The first-order valence-corrected chi connectivity index (χ1v) is 4.41. The summed E-state index contributed by atoms with van der Waals surface area (Å²) in [7, 11) is 0. The van der Waals surface area contributed by atoms with Gasteiger partial charge in [-0.25, -0.2) is 14.0 Å². The number of carbonyl (C=O) groups is 2. The lowest BCUT2D eigenvalue weighted by Crippen LogP contribution is -2.55. The van der Waals surface area contributed by atoms with Gasteiger partial charge in [-0.1, -0.05) is 0 Å². The first kappa shape index (κ1) is 13.7. The summed E-state index contributed by atoms with van der Waals surface area (Å²) in [6.45, 7) is 4.74. The molecule has 0 radical (unpaired) electrons. The lowest BCUT2D eigenvalue weighted by Gasteiger charge is -2.26. The third-order valence-corrected chi connectivity index (χ3v) is 1.52. The quantitative estimate of drug-likeness (QED) is 0.753. The summed E-state index contributed by atoms with van der Waals surface area (Å²) in [5.41, 5.74) is -2.69. The van der Waals surface area contributed by atoms with E-state index in [0.29, 0.717) is 0 Å². The molecule has 0 aromatic carbocycles.